The molecule has 0 radical (unpaired) electrons. The number of hydrogen-bond acceptors (Lipinski definition) is 3. The van der Waals surface area contributed by atoms with Crippen LogP contribution in [0, 0.1) is 6.92 Å². The summed E-state index contributed by atoms with van der Waals surface area (Å²) in [5.41, 5.74) is 16.6. The van der Waals surface area contributed by atoms with Crippen LogP contribution in [0.25, 0.3) is 60.2 Å². The maximum absolute atomic E-state index is 2.78. The summed E-state index contributed by atoms with van der Waals surface area (Å²) in [5.74, 6) is 0. The van der Waals surface area contributed by atoms with Gasteiger partial charge in [0.05, 0.1) is 16.7 Å². The molecule has 9 aromatic rings. The highest BCUT2D eigenvalue weighted by Gasteiger charge is 2.46. The molecule has 0 saturated carbocycles. The third-order valence-corrected chi connectivity index (χ3v) is 16.7. The summed E-state index contributed by atoms with van der Waals surface area (Å²) in [7, 11) is 0. The Balaban J connectivity index is 1.20. The van der Waals surface area contributed by atoms with E-state index in [0.29, 0.717) is 0 Å². The van der Waals surface area contributed by atoms with Crippen molar-refractivity contribution in [3.05, 3.63) is 150 Å². The van der Waals surface area contributed by atoms with E-state index in [2.05, 4.69) is 177 Å². The van der Waals surface area contributed by atoms with Crippen LogP contribution < -0.4 is 15.7 Å². The second-order valence-corrected chi connectivity index (χ2v) is 20.6. The van der Waals surface area contributed by atoms with Crippen LogP contribution in [0.15, 0.2) is 153 Å². The molecular weight excluding hydrogens is 740 g/mol. The Morgan fingerprint density at radius 3 is 1.93 bits per heavy atom. The number of para-hydroxylation sites is 1. The number of benzene rings is 8. The van der Waals surface area contributed by atoms with Gasteiger partial charge in [0, 0.05) is 52.7 Å². The van der Waals surface area contributed by atoms with Crippen LogP contribution in [-0.4, -0.2) is 11.4 Å². The minimum Gasteiger partial charge on any atom is -0.376 e. The summed E-state index contributed by atoms with van der Waals surface area (Å²) in [6.07, 6.45) is 2.39. The first kappa shape index (κ1) is 33.6. The van der Waals surface area contributed by atoms with Crippen LogP contribution in [0.5, 0.6) is 0 Å². The molecule has 0 fully saturated rings. The minimum atomic E-state index is -0.0277. The fraction of sp³-hybridized carbons (Fsp3) is 0.170. The van der Waals surface area contributed by atoms with Gasteiger partial charge in [-0.2, -0.15) is 0 Å². The molecule has 13 rings (SSSR count). The second kappa shape index (κ2) is 11.4. The summed E-state index contributed by atoms with van der Waals surface area (Å²) in [5, 5.41) is 7.78. The number of hydrogen-bond donors (Lipinski definition) is 0. The average molecular weight is 781 g/mol. The lowest BCUT2D eigenvalue weighted by atomic mass is 9.43. The number of anilines is 2. The van der Waals surface area contributed by atoms with E-state index < -0.39 is 0 Å². The maximum atomic E-state index is 2.78. The normalized spacial score (nSPS) is 16.6. The van der Waals surface area contributed by atoms with E-state index in [-0.39, 0.29) is 17.7 Å². The molecule has 278 valence electrons. The molecule has 0 saturated heterocycles. The van der Waals surface area contributed by atoms with Crippen LogP contribution in [0.3, 0.4) is 0 Å². The van der Waals surface area contributed by atoms with Gasteiger partial charge in [-0.25, -0.2) is 0 Å². The molecule has 58 heavy (non-hydrogen) atoms. The first-order valence-corrected chi connectivity index (χ1v) is 22.4. The van der Waals surface area contributed by atoms with E-state index in [1.807, 2.05) is 23.5 Å². The van der Waals surface area contributed by atoms with Crippen LogP contribution in [0.1, 0.15) is 57.2 Å². The van der Waals surface area contributed by atoms with Gasteiger partial charge in [-0.3, -0.25) is 0 Å². The Morgan fingerprint density at radius 2 is 1.17 bits per heavy atom. The van der Waals surface area contributed by atoms with Crippen LogP contribution in [0.2, 0.25) is 0 Å². The predicted octanol–water partition coefficient (Wildman–Crippen LogP) is 13.6. The van der Waals surface area contributed by atoms with E-state index in [1.54, 1.807) is 0 Å². The van der Waals surface area contributed by atoms with Crippen molar-refractivity contribution in [3.8, 4) is 16.8 Å². The molecule has 4 heterocycles. The van der Waals surface area contributed by atoms with Gasteiger partial charge in [-0.05, 0) is 128 Å². The zero-order chi connectivity index (χ0) is 38.8. The minimum absolute atomic E-state index is 0.0277. The molecule has 0 atom stereocenters. The molecular formula is C53H41BN2S2. The second-order valence-electron chi connectivity index (χ2n) is 18.4. The topological polar surface area (TPSA) is 8.17 Å². The summed E-state index contributed by atoms with van der Waals surface area (Å²) in [6.45, 7) is 12.2. The van der Waals surface area contributed by atoms with E-state index in [9.17, 15) is 0 Å². The number of fused-ring (bicyclic) bond motifs is 13. The van der Waals surface area contributed by atoms with Crippen LogP contribution >= 0.6 is 23.5 Å². The third kappa shape index (κ3) is 4.39. The monoisotopic (exact) mass is 780 g/mol. The Bertz CT molecular complexity index is 3340. The molecule has 5 heteroatoms. The van der Waals surface area contributed by atoms with Gasteiger partial charge in [-0.15, -0.1) is 0 Å². The quantitative estimate of drug-likeness (QED) is 0.153. The molecule has 4 aliphatic rings. The molecule has 0 amide bonds. The smallest absolute Gasteiger partial charge is 0.333 e. The number of rotatable bonds is 1. The van der Waals surface area contributed by atoms with Gasteiger partial charge in [0.15, 0.2) is 0 Å². The fourth-order valence-electron chi connectivity index (χ4n) is 11.1. The Kier molecular flexibility index (Phi) is 6.62. The van der Waals surface area contributed by atoms with Gasteiger partial charge in [0.25, 0.3) is 0 Å². The van der Waals surface area contributed by atoms with Crippen molar-refractivity contribution in [1.82, 2.24) is 4.57 Å². The van der Waals surface area contributed by atoms with E-state index in [0.717, 1.165) is 0 Å². The molecule has 0 unspecified atom stereocenters. The van der Waals surface area contributed by atoms with Crippen molar-refractivity contribution >= 4 is 96.0 Å². The van der Waals surface area contributed by atoms with Crippen molar-refractivity contribution < 1.29 is 0 Å². The average Bonchev–Trinajstić information content (AvgIpc) is 3.55. The molecule has 2 nitrogen and oxygen atoms in total. The first-order valence-electron chi connectivity index (χ1n) is 20.7. The van der Waals surface area contributed by atoms with Crippen molar-refractivity contribution in [2.75, 3.05) is 4.81 Å². The van der Waals surface area contributed by atoms with Crippen molar-refractivity contribution in [2.24, 2.45) is 0 Å². The van der Waals surface area contributed by atoms with Gasteiger partial charge < -0.3 is 9.38 Å². The SMILES string of the molecule is Cc1cc2c(cc1N1B3c4c(cc5ccccc5c4-n4c5cc6ccccc6cc5c5cccc3c54)-c3cc4c(cc31)Sc1ccccc1S4)C(C)(C)CCC2(C)C. The zero-order valence-electron chi connectivity index (χ0n) is 33.4. The van der Waals surface area contributed by atoms with Crippen molar-refractivity contribution in [3.63, 3.8) is 0 Å². The number of nitrogens with zero attached hydrogens (tertiary/aromatic N) is 2. The summed E-state index contributed by atoms with van der Waals surface area (Å²) in [4.78, 5) is 8.13. The maximum Gasteiger partial charge on any atom is 0.333 e. The Labute approximate surface area is 348 Å². The summed E-state index contributed by atoms with van der Waals surface area (Å²) < 4.78 is 2.65. The van der Waals surface area contributed by atoms with Gasteiger partial charge in [0.2, 0.25) is 0 Å². The molecule has 8 aromatic carbocycles. The molecule has 3 aliphatic heterocycles. The van der Waals surface area contributed by atoms with E-state index in [4.69, 9.17) is 0 Å². The first-order chi connectivity index (χ1) is 28.1. The molecule has 1 aromatic heterocycles. The highest BCUT2D eigenvalue weighted by Crippen LogP contribution is 2.56. The standard InChI is InChI=1S/C53H41BN2S2/c1-30-23-39-40(53(4,5)22-21-52(39,2)3)28-42(30)56-44-29-48-47(57-45-19-10-11-20-46(45)58-48)27-37(44)38-25-33-15-8-9-16-34(33)51-49(38)54(56)41-18-12-17-35-36-24-31-13-6-7-14-32(31)26-43(36)55(51)50(35)41/h6-20,23-29H,21-22H2,1-5H3. The van der Waals surface area contributed by atoms with Crippen LogP contribution in [-0.2, 0) is 10.8 Å². The number of aromatic nitrogens is 1. The molecule has 0 bridgehead atoms. The lowest BCUT2D eigenvalue weighted by Crippen LogP contribution is -2.61. The number of aryl methyl sites for hydroxylation is 1. The van der Waals surface area contributed by atoms with E-state index >= 15 is 0 Å². The molecule has 1 aliphatic carbocycles. The summed E-state index contributed by atoms with van der Waals surface area (Å²) >= 11 is 3.84. The molecule has 0 N–H and O–H groups in total. The lowest BCUT2D eigenvalue weighted by Gasteiger charge is -2.46. The Hall–Kier alpha value is -5.36. The predicted molar refractivity (Wildman–Crippen MR) is 250 cm³/mol. The lowest BCUT2D eigenvalue weighted by molar-refractivity contribution is 0.332. The zero-order valence-corrected chi connectivity index (χ0v) is 35.0. The van der Waals surface area contributed by atoms with Gasteiger partial charge in [0.1, 0.15) is 0 Å². The van der Waals surface area contributed by atoms with Gasteiger partial charge >= 0.3 is 6.85 Å². The highest BCUT2D eigenvalue weighted by atomic mass is 32.2. The van der Waals surface area contributed by atoms with Crippen molar-refractivity contribution in [1.29, 1.82) is 0 Å². The highest BCUT2D eigenvalue weighted by molar-refractivity contribution is 8.05. The fourth-order valence-corrected chi connectivity index (χ4v) is 13.4. The van der Waals surface area contributed by atoms with Crippen LogP contribution in [0.4, 0.5) is 11.4 Å². The largest absolute Gasteiger partial charge is 0.376 e. The van der Waals surface area contributed by atoms with E-state index in [1.165, 1.54) is 132 Å². The van der Waals surface area contributed by atoms with Crippen molar-refractivity contribution in [2.45, 2.75) is 77.9 Å². The summed E-state index contributed by atoms with van der Waals surface area (Å²) in [6, 6.07) is 51.6. The van der Waals surface area contributed by atoms with Gasteiger partial charge in [-0.1, -0.05) is 136 Å². The molecule has 0 spiro atoms. The third-order valence-electron chi connectivity index (χ3n) is 14.1. The Morgan fingerprint density at radius 1 is 0.534 bits per heavy atom.